The van der Waals surface area contributed by atoms with Gasteiger partial charge in [0.15, 0.2) is 11.2 Å². The van der Waals surface area contributed by atoms with Crippen LogP contribution in [-0.2, 0) is 0 Å². The second kappa shape index (κ2) is 7.05. The number of anilines is 1. The van der Waals surface area contributed by atoms with Crippen LogP contribution in [0, 0.1) is 6.92 Å². The largest absolute Gasteiger partial charge is 0.507 e. The number of alkyl halides is 1. The first-order chi connectivity index (χ1) is 14.4. The first-order valence-electron chi connectivity index (χ1n) is 10.2. The van der Waals surface area contributed by atoms with E-state index in [9.17, 15) is 14.3 Å². The molecule has 3 aromatic rings. The van der Waals surface area contributed by atoms with Crippen molar-refractivity contribution in [3.05, 3.63) is 46.3 Å². The van der Waals surface area contributed by atoms with Gasteiger partial charge in [-0.15, -0.1) is 10.2 Å². The van der Waals surface area contributed by atoms with Crippen molar-refractivity contribution in [2.75, 3.05) is 11.9 Å². The van der Waals surface area contributed by atoms with Gasteiger partial charge in [0.25, 0.3) is 0 Å². The van der Waals surface area contributed by atoms with E-state index in [1.807, 2.05) is 11.9 Å². The van der Waals surface area contributed by atoms with Crippen LogP contribution in [0.2, 0.25) is 0 Å². The van der Waals surface area contributed by atoms with Crippen LogP contribution in [0.1, 0.15) is 25.0 Å². The van der Waals surface area contributed by atoms with Crippen LogP contribution in [0.15, 0.2) is 39.5 Å². The first kappa shape index (κ1) is 19.0. The molecule has 2 fully saturated rings. The number of aryl methyl sites for hydroxylation is 1. The zero-order valence-corrected chi connectivity index (χ0v) is 16.8. The molecule has 0 aliphatic carbocycles. The van der Waals surface area contributed by atoms with Crippen molar-refractivity contribution in [1.29, 1.82) is 0 Å². The molecule has 0 saturated carbocycles. The van der Waals surface area contributed by atoms with Crippen molar-refractivity contribution < 1.29 is 13.9 Å². The lowest BCUT2D eigenvalue weighted by Gasteiger charge is -2.38. The Balaban J connectivity index is 1.45. The van der Waals surface area contributed by atoms with Crippen molar-refractivity contribution in [3.8, 4) is 17.0 Å². The number of aromatic nitrogens is 2. The molecule has 2 bridgehead atoms. The van der Waals surface area contributed by atoms with E-state index in [1.54, 1.807) is 25.1 Å². The summed E-state index contributed by atoms with van der Waals surface area (Å²) < 4.78 is 20.4. The molecule has 5 rings (SSSR count). The molecule has 0 radical (unpaired) electrons. The number of hydrogen-bond donors (Lipinski definition) is 2. The average Bonchev–Trinajstić information content (AvgIpc) is 3.13. The highest BCUT2D eigenvalue weighted by Crippen LogP contribution is 2.34. The van der Waals surface area contributed by atoms with Gasteiger partial charge in [-0.1, -0.05) is 0 Å². The van der Waals surface area contributed by atoms with Crippen LogP contribution in [-0.4, -0.2) is 46.6 Å². The number of hydrogen-bond acceptors (Lipinski definition) is 7. The van der Waals surface area contributed by atoms with Crippen LogP contribution < -0.4 is 15.6 Å². The molecule has 2 N–H and O–H groups in total. The van der Waals surface area contributed by atoms with Gasteiger partial charge in [0.1, 0.15) is 23.3 Å². The molecule has 2 unspecified atom stereocenters. The summed E-state index contributed by atoms with van der Waals surface area (Å²) in [7, 11) is 1.84. The molecule has 0 spiro atoms. The lowest BCUT2D eigenvalue weighted by molar-refractivity contribution is 0.176. The van der Waals surface area contributed by atoms with E-state index in [4.69, 9.17) is 4.42 Å². The maximum absolute atomic E-state index is 14.9. The average molecular weight is 410 g/mol. The lowest BCUT2D eigenvalue weighted by atomic mass is 9.96. The Kier molecular flexibility index (Phi) is 4.47. The maximum atomic E-state index is 14.9. The number of rotatable bonds is 3. The highest BCUT2D eigenvalue weighted by Gasteiger charge is 2.43. The molecule has 7 nitrogen and oxygen atoms in total. The number of phenolic OH excluding ortho intramolecular Hbond substituents is 1. The van der Waals surface area contributed by atoms with Crippen molar-refractivity contribution in [2.24, 2.45) is 0 Å². The summed E-state index contributed by atoms with van der Waals surface area (Å²) in [4.78, 5) is 14.1. The Bertz CT molecular complexity index is 1160. The summed E-state index contributed by atoms with van der Waals surface area (Å²) in [6.45, 7) is 1.68. The van der Waals surface area contributed by atoms with Gasteiger partial charge in [0.2, 0.25) is 0 Å². The minimum atomic E-state index is -0.956. The van der Waals surface area contributed by atoms with Crippen LogP contribution in [0.4, 0.5) is 10.2 Å². The van der Waals surface area contributed by atoms with Gasteiger partial charge in [0.05, 0.1) is 17.1 Å². The van der Waals surface area contributed by atoms with Crippen molar-refractivity contribution >= 4 is 16.8 Å². The molecule has 2 aromatic heterocycles. The molecule has 156 valence electrons. The van der Waals surface area contributed by atoms with Gasteiger partial charge in [-0.25, -0.2) is 4.39 Å². The van der Waals surface area contributed by atoms with Gasteiger partial charge >= 0.3 is 0 Å². The predicted molar refractivity (Wildman–Crippen MR) is 112 cm³/mol. The smallest absolute Gasteiger partial charge is 0.192 e. The number of benzene rings is 1. The topological polar surface area (TPSA) is 91.5 Å². The predicted octanol–water partition coefficient (Wildman–Crippen LogP) is 2.93. The van der Waals surface area contributed by atoms with Gasteiger partial charge in [0, 0.05) is 36.8 Å². The molecule has 1 aromatic carbocycles. The SMILES string of the molecule is Cc1cc(=O)c2cc(-c3ccc(N(C)[C@H]4CC5CCC(N5)[C@H]4F)nn3)c(O)cc2o1. The van der Waals surface area contributed by atoms with Crippen LogP contribution in [0.3, 0.4) is 0 Å². The summed E-state index contributed by atoms with van der Waals surface area (Å²) in [5.74, 6) is 0.998. The molecule has 2 saturated heterocycles. The fourth-order valence-corrected chi connectivity index (χ4v) is 4.69. The Hall–Kier alpha value is -3.00. The molecule has 2 aliphatic rings. The van der Waals surface area contributed by atoms with Gasteiger partial charge < -0.3 is 19.7 Å². The number of piperidine rings is 1. The van der Waals surface area contributed by atoms with E-state index >= 15 is 0 Å². The molecule has 0 amide bonds. The second-order valence-electron chi connectivity index (χ2n) is 8.27. The molecular formula is C22H23FN4O3. The fraction of sp³-hybridized carbons (Fsp3) is 0.409. The maximum Gasteiger partial charge on any atom is 0.192 e. The number of aromatic hydroxyl groups is 1. The van der Waals surface area contributed by atoms with E-state index in [-0.39, 0.29) is 23.3 Å². The monoisotopic (exact) mass is 410 g/mol. The van der Waals surface area contributed by atoms with Crippen molar-refractivity contribution in [2.45, 2.75) is 50.5 Å². The third-order valence-electron chi connectivity index (χ3n) is 6.31. The minimum absolute atomic E-state index is 0.0505. The Morgan fingerprint density at radius 2 is 2.07 bits per heavy atom. The summed E-state index contributed by atoms with van der Waals surface area (Å²) in [5, 5.41) is 22.6. The molecule has 30 heavy (non-hydrogen) atoms. The van der Waals surface area contributed by atoms with E-state index < -0.39 is 6.17 Å². The molecule has 4 heterocycles. The lowest BCUT2D eigenvalue weighted by Crippen LogP contribution is -2.55. The summed E-state index contributed by atoms with van der Waals surface area (Å²) >= 11 is 0. The van der Waals surface area contributed by atoms with E-state index in [0.717, 1.165) is 19.3 Å². The Morgan fingerprint density at radius 3 is 2.83 bits per heavy atom. The second-order valence-corrected chi connectivity index (χ2v) is 8.27. The summed E-state index contributed by atoms with van der Waals surface area (Å²) in [5.41, 5.74) is 0.950. The summed E-state index contributed by atoms with van der Waals surface area (Å²) in [6, 6.07) is 7.89. The van der Waals surface area contributed by atoms with E-state index in [0.29, 0.717) is 39.8 Å². The highest BCUT2D eigenvalue weighted by atomic mass is 19.1. The number of halogens is 1. The van der Waals surface area contributed by atoms with Crippen molar-refractivity contribution in [1.82, 2.24) is 15.5 Å². The third kappa shape index (κ3) is 3.11. The number of nitrogens with one attached hydrogen (secondary N) is 1. The minimum Gasteiger partial charge on any atom is -0.507 e. The van der Waals surface area contributed by atoms with Crippen LogP contribution >= 0.6 is 0 Å². The van der Waals surface area contributed by atoms with Gasteiger partial charge in [-0.2, -0.15) is 0 Å². The summed E-state index contributed by atoms with van der Waals surface area (Å²) in [6.07, 6.45) is 1.66. The van der Waals surface area contributed by atoms with E-state index in [1.165, 1.54) is 12.1 Å². The van der Waals surface area contributed by atoms with E-state index in [2.05, 4.69) is 15.5 Å². The number of nitrogens with zero attached hydrogens (tertiary/aromatic N) is 3. The number of phenols is 1. The van der Waals surface area contributed by atoms with Gasteiger partial charge in [-0.3, -0.25) is 4.79 Å². The van der Waals surface area contributed by atoms with Crippen LogP contribution in [0.25, 0.3) is 22.2 Å². The Morgan fingerprint density at radius 1 is 1.23 bits per heavy atom. The van der Waals surface area contributed by atoms with Crippen LogP contribution in [0.5, 0.6) is 5.75 Å². The Labute approximate surface area is 172 Å². The third-order valence-corrected chi connectivity index (χ3v) is 6.31. The quantitative estimate of drug-likeness (QED) is 0.686. The molecule has 8 heteroatoms. The van der Waals surface area contributed by atoms with Gasteiger partial charge in [-0.05, 0) is 44.4 Å². The highest BCUT2D eigenvalue weighted by molar-refractivity contribution is 5.86. The first-order valence-corrected chi connectivity index (χ1v) is 10.2. The molecule has 2 aliphatic heterocycles. The fourth-order valence-electron chi connectivity index (χ4n) is 4.69. The molecule has 4 atom stereocenters. The number of fused-ring (bicyclic) bond motifs is 3. The standard InChI is InChI=1S/C22H23FN4O3/c1-11-7-18(28)14-9-13(19(29)10-20(14)30-11)15-5-6-21(26-25-15)27(2)17-8-12-3-4-16(24-12)22(17)23/h5-7,9-10,12,16-17,22,24,29H,3-4,8H2,1-2H3/t12?,16?,17-,22+/m0/s1. The normalized spacial score (nSPS) is 25.6. The zero-order valence-electron chi connectivity index (χ0n) is 16.8. The zero-order chi connectivity index (χ0) is 21.0. The molecular weight excluding hydrogens is 387 g/mol. The van der Waals surface area contributed by atoms with Crippen molar-refractivity contribution in [3.63, 3.8) is 0 Å².